The number of rotatable bonds is 4. The first kappa shape index (κ1) is 15.3. The van der Waals surface area contributed by atoms with Gasteiger partial charge in [-0.3, -0.25) is 4.79 Å². The van der Waals surface area contributed by atoms with E-state index < -0.39 is 0 Å². The second-order valence-corrected chi connectivity index (χ2v) is 6.33. The number of carbonyl (C=O) groups is 1. The van der Waals surface area contributed by atoms with Gasteiger partial charge in [-0.1, -0.05) is 18.2 Å². The first-order chi connectivity index (χ1) is 11.8. The van der Waals surface area contributed by atoms with Crippen molar-refractivity contribution in [1.82, 2.24) is 4.90 Å². The highest BCUT2D eigenvalue weighted by Gasteiger charge is 2.39. The van der Waals surface area contributed by atoms with E-state index in [2.05, 4.69) is 0 Å². The normalized spacial score (nSPS) is 22.5. The molecule has 0 N–H and O–H groups in total. The van der Waals surface area contributed by atoms with Crippen molar-refractivity contribution >= 4 is 5.91 Å². The van der Waals surface area contributed by atoms with Gasteiger partial charge in [-0.25, -0.2) is 0 Å². The number of ether oxygens (including phenoxy) is 2. The number of furan rings is 1. The zero-order valence-corrected chi connectivity index (χ0v) is 13.7. The fourth-order valence-corrected chi connectivity index (χ4v) is 3.69. The van der Waals surface area contributed by atoms with Crippen LogP contribution in [0.1, 0.15) is 41.9 Å². The molecule has 3 heterocycles. The van der Waals surface area contributed by atoms with Crippen LogP contribution in [0.5, 0.6) is 5.75 Å². The Morgan fingerprint density at radius 2 is 2.17 bits per heavy atom. The third-order valence-corrected chi connectivity index (χ3v) is 4.83. The van der Waals surface area contributed by atoms with Crippen LogP contribution in [0.15, 0.2) is 40.8 Å². The highest BCUT2D eigenvalue weighted by molar-refractivity contribution is 5.86. The molecule has 1 amide bonds. The molecule has 126 valence electrons. The second kappa shape index (κ2) is 6.32. The molecule has 5 heteroatoms. The molecule has 0 unspecified atom stereocenters. The number of likely N-dealkylation sites (tertiary alicyclic amines) is 1. The topological polar surface area (TPSA) is 51.9 Å². The van der Waals surface area contributed by atoms with Crippen LogP contribution < -0.4 is 4.74 Å². The molecule has 0 saturated carbocycles. The van der Waals surface area contributed by atoms with Crippen LogP contribution in [-0.4, -0.2) is 31.1 Å². The number of hydrogen-bond donors (Lipinski definition) is 0. The van der Waals surface area contributed by atoms with Gasteiger partial charge in [-0.05, 0) is 31.0 Å². The van der Waals surface area contributed by atoms with Gasteiger partial charge in [0.25, 0.3) is 0 Å². The number of methoxy groups -OCH3 is 1. The molecule has 4 rings (SSSR count). The lowest BCUT2D eigenvalue weighted by Crippen LogP contribution is -2.35. The molecule has 1 aromatic carbocycles. The van der Waals surface area contributed by atoms with Gasteiger partial charge in [0.1, 0.15) is 36.4 Å². The molecule has 1 saturated heterocycles. The fraction of sp³-hybridized carbons (Fsp3) is 0.421. The Bertz CT molecular complexity index is 738. The largest absolute Gasteiger partial charge is 0.492 e. The van der Waals surface area contributed by atoms with Crippen LogP contribution in [0.3, 0.4) is 0 Å². The van der Waals surface area contributed by atoms with Crippen molar-refractivity contribution in [1.29, 1.82) is 0 Å². The van der Waals surface area contributed by atoms with Crippen LogP contribution in [0.4, 0.5) is 0 Å². The summed E-state index contributed by atoms with van der Waals surface area (Å²) in [5.74, 6) is 2.38. The number of benzene rings is 1. The number of fused-ring (bicyclic) bond motifs is 1. The average Bonchev–Trinajstić information content (AvgIpc) is 3.33. The van der Waals surface area contributed by atoms with E-state index in [1.165, 1.54) is 0 Å². The first-order valence-corrected chi connectivity index (χ1v) is 8.37. The zero-order chi connectivity index (χ0) is 16.5. The summed E-state index contributed by atoms with van der Waals surface area (Å²) in [7, 11) is 1.64. The highest BCUT2D eigenvalue weighted by Crippen LogP contribution is 2.39. The van der Waals surface area contributed by atoms with Crippen molar-refractivity contribution in [3.05, 3.63) is 53.5 Å². The Balaban J connectivity index is 1.55. The standard InChI is InChI=1S/C19H21NO4/c1-22-11-13-8-9-18(24-13)16-6-4-10-20(16)19(21)15-12-23-17-7-3-2-5-14(15)17/h2-3,5,7-9,15-16H,4,6,10-12H2,1H3/t15-,16-/m1/s1. The monoisotopic (exact) mass is 327 g/mol. The molecule has 0 radical (unpaired) electrons. The SMILES string of the molecule is COCc1ccc([C@H]2CCCN2C(=O)[C@@H]2COc3ccccc32)o1. The number of nitrogens with zero attached hydrogens (tertiary/aromatic N) is 1. The number of amides is 1. The van der Waals surface area contributed by atoms with E-state index in [1.807, 2.05) is 41.3 Å². The van der Waals surface area contributed by atoms with Crippen LogP contribution >= 0.6 is 0 Å². The maximum Gasteiger partial charge on any atom is 0.234 e. The van der Waals surface area contributed by atoms with Gasteiger partial charge < -0.3 is 18.8 Å². The fourth-order valence-electron chi connectivity index (χ4n) is 3.69. The summed E-state index contributed by atoms with van der Waals surface area (Å²) in [6.07, 6.45) is 1.92. The van der Waals surface area contributed by atoms with Gasteiger partial charge >= 0.3 is 0 Å². The quantitative estimate of drug-likeness (QED) is 0.865. The third-order valence-electron chi connectivity index (χ3n) is 4.83. The predicted molar refractivity (Wildman–Crippen MR) is 87.8 cm³/mol. The van der Waals surface area contributed by atoms with Crippen LogP contribution in [-0.2, 0) is 16.1 Å². The number of para-hydroxylation sites is 1. The summed E-state index contributed by atoms with van der Waals surface area (Å²) in [5.41, 5.74) is 0.993. The molecular weight excluding hydrogens is 306 g/mol. The molecule has 2 aliphatic heterocycles. The molecule has 5 nitrogen and oxygen atoms in total. The van der Waals surface area contributed by atoms with Gasteiger partial charge in [-0.2, -0.15) is 0 Å². The maximum atomic E-state index is 13.1. The lowest BCUT2D eigenvalue weighted by molar-refractivity contribution is -0.134. The van der Waals surface area contributed by atoms with Gasteiger partial charge in [0.05, 0.1) is 6.04 Å². The van der Waals surface area contributed by atoms with Gasteiger partial charge in [0, 0.05) is 19.2 Å². The highest BCUT2D eigenvalue weighted by atomic mass is 16.5. The molecule has 0 spiro atoms. The minimum atomic E-state index is -0.213. The Labute approximate surface area is 141 Å². The Kier molecular flexibility index (Phi) is 4.02. The van der Waals surface area contributed by atoms with Crippen molar-refractivity contribution in [2.24, 2.45) is 0 Å². The summed E-state index contributed by atoms with van der Waals surface area (Å²) < 4.78 is 16.7. The van der Waals surface area contributed by atoms with Crippen molar-refractivity contribution < 1.29 is 18.7 Å². The second-order valence-electron chi connectivity index (χ2n) is 6.33. The minimum Gasteiger partial charge on any atom is -0.492 e. The number of hydrogen-bond acceptors (Lipinski definition) is 4. The Morgan fingerprint density at radius 1 is 1.29 bits per heavy atom. The molecule has 0 aliphatic carbocycles. The van der Waals surface area contributed by atoms with Crippen LogP contribution in [0.2, 0.25) is 0 Å². The molecule has 24 heavy (non-hydrogen) atoms. The van der Waals surface area contributed by atoms with E-state index in [-0.39, 0.29) is 17.9 Å². The van der Waals surface area contributed by atoms with E-state index in [1.54, 1.807) is 7.11 Å². The summed E-state index contributed by atoms with van der Waals surface area (Å²) in [4.78, 5) is 15.1. The van der Waals surface area contributed by atoms with Crippen molar-refractivity contribution in [2.75, 3.05) is 20.3 Å². The lowest BCUT2D eigenvalue weighted by atomic mass is 9.99. The van der Waals surface area contributed by atoms with E-state index >= 15 is 0 Å². The summed E-state index contributed by atoms with van der Waals surface area (Å²) in [6, 6.07) is 11.7. The van der Waals surface area contributed by atoms with Gasteiger partial charge in [0.2, 0.25) is 5.91 Å². The van der Waals surface area contributed by atoms with Crippen molar-refractivity contribution in [3.8, 4) is 5.75 Å². The van der Waals surface area contributed by atoms with Crippen LogP contribution in [0, 0.1) is 0 Å². The molecule has 2 atom stereocenters. The zero-order valence-electron chi connectivity index (χ0n) is 13.7. The molecule has 2 aliphatic rings. The Morgan fingerprint density at radius 3 is 3.04 bits per heavy atom. The minimum absolute atomic E-state index is 0.0101. The first-order valence-electron chi connectivity index (χ1n) is 8.37. The van der Waals surface area contributed by atoms with Gasteiger partial charge in [-0.15, -0.1) is 0 Å². The third kappa shape index (κ3) is 2.59. The van der Waals surface area contributed by atoms with Gasteiger partial charge in [0.15, 0.2) is 0 Å². The van der Waals surface area contributed by atoms with Crippen molar-refractivity contribution in [3.63, 3.8) is 0 Å². The lowest BCUT2D eigenvalue weighted by Gasteiger charge is -2.25. The molecule has 1 fully saturated rings. The summed E-state index contributed by atoms with van der Waals surface area (Å²) in [6.45, 7) is 1.64. The smallest absolute Gasteiger partial charge is 0.234 e. The number of carbonyl (C=O) groups excluding carboxylic acids is 1. The molecule has 0 bridgehead atoms. The van der Waals surface area contributed by atoms with E-state index in [0.29, 0.717) is 13.2 Å². The average molecular weight is 327 g/mol. The van der Waals surface area contributed by atoms with E-state index in [4.69, 9.17) is 13.9 Å². The summed E-state index contributed by atoms with van der Waals surface area (Å²) in [5, 5.41) is 0. The van der Waals surface area contributed by atoms with E-state index in [9.17, 15) is 4.79 Å². The molecular formula is C19H21NO4. The summed E-state index contributed by atoms with van der Waals surface area (Å²) >= 11 is 0. The predicted octanol–water partition coefficient (Wildman–Crippen LogP) is 3.27. The molecule has 1 aromatic heterocycles. The van der Waals surface area contributed by atoms with Crippen LogP contribution in [0.25, 0.3) is 0 Å². The maximum absolute atomic E-state index is 13.1. The van der Waals surface area contributed by atoms with Crippen molar-refractivity contribution in [2.45, 2.75) is 31.4 Å². The van der Waals surface area contributed by atoms with E-state index in [0.717, 1.165) is 42.2 Å². The molecule has 2 aromatic rings. The Hall–Kier alpha value is -2.27.